The van der Waals surface area contributed by atoms with Gasteiger partial charge in [-0.2, -0.15) is 0 Å². The molecular weight excluding hydrogens is 576 g/mol. The van der Waals surface area contributed by atoms with Gasteiger partial charge in [0.1, 0.15) is 11.9 Å². The van der Waals surface area contributed by atoms with Crippen molar-refractivity contribution in [1.29, 1.82) is 0 Å². The smallest absolute Gasteiger partial charge is 0.303 e. The Labute approximate surface area is 280 Å². The summed E-state index contributed by atoms with van der Waals surface area (Å²) >= 11 is 0. The molecule has 0 radical (unpaired) electrons. The zero-order valence-electron chi connectivity index (χ0n) is 30.6. The number of rotatable bonds is 22. The van der Waals surface area contributed by atoms with Gasteiger partial charge in [0.2, 0.25) is 0 Å². The lowest BCUT2D eigenvalue weighted by Crippen LogP contribution is -2.45. The zero-order chi connectivity index (χ0) is 34.8. The molecule has 0 spiro atoms. The van der Waals surface area contributed by atoms with Crippen molar-refractivity contribution in [2.24, 2.45) is 0 Å². The predicted molar refractivity (Wildman–Crippen MR) is 191 cm³/mol. The molecule has 0 fully saturated rings. The summed E-state index contributed by atoms with van der Waals surface area (Å²) in [7, 11) is 1.63. The first-order valence-corrected chi connectivity index (χ1v) is 17.0. The van der Waals surface area contributed by atoms with Crippen molar-refractivity contribution in [3.63, 3.8) is 0 Å². The summed E-state index contributed by atoms with van der Waals surface area (Å²) in [6.45, 7) is 17.9. The Morgan fingerprint density at radius 2 is 1.17 bits per heavy atom. The van der Waals surface area contributed by atoms with Crippen LogP contribution in [-0.2, 0) is 20.9 Å². The summed E-state index contributed by atoms with van der Waals surface area (Å²) in [5.74, 6) is 0.332. The highest BCUT2D eigenvalue weighted by molar-refractivity contribution is 5.66. The number of carbonyl (C=O) groups is 1. The first-order valence-electron chi connectivity index (χ1n) is 17.0. The Morgan fingerprint density at radius 3 is 1.61 bits per heavy atom. The van der Waals surface area contributed by atoms with Crippen molar-refractivity contribution in [3.05, 3.63) is 76.4 Å². The highest BCUT2D eigenvalue weighted by Gasteiger charge is 2.38. The Balaban J connectivity index is 3.05. The normalized spacial score (nSPS) is 16.1. The summed E-state index contributed by atoms with van der Waals surface area (Å²) in [4.78, 5) is 12.1. The molecule has 0 aliphatic rings. The second-order valence-electron chi connectivity index (χ2n) is 13.9. The first kappa shape index (κ1) is 41.4. The lowest BCUT2D eigenvalue weighted by atomic mass is 9.85. The van der Waals surface area contributed by atoms with Gasteiger partial charge in [-0.05, 0) is 137 Å². The van der Waals surface area contributed by atoms with E-state index in [0.29, 0.717) is 38.7 Å². The predicted octanol–water partition coefficient (Wildman–Crippen LogP) is 9.74. The molecule has 4 atom stereocenters. The molecule has 0 unspecified atom stereocenters. The molecule has 1 aromatic rings. The van der Waals surface area contributed by atoms with E-state index in [-0.39, 0.29) is 0 Å². The fraction of sp³-hybridized carbons (Fsp3) is 0.625. The Bertz CT molecular complexity index is 1140. The lowest BCUT2D eigenvalue weighted by Gasteiger charge is -2.36. The van der Waals surface area contributed by atoms with Gasteiger partial charge < -0.3 is 24.4 Å². The van der Waals surface area contributed by atoms with Crippen LogP contribution in [0.1, 0.15) is 132 Å². The number of esters is 1. The van der Waals surface area contributed by atoms with Gasteiger partial charge in [0.25, 0.3) is 0 Å². The molecule has 2 N–H and O–H groups in total. The standard InChI is InChI=1S/C40H64O6/c1-30(2)15-11-17-32(5)19-13-27-39(8,42)37(45-29-35-21-23-36(44-10)24-22-35)25-26-38(46-34(7)41)40(9,43)28-14-20-33(6)18-12-16-31(3)4/h15-16,19-24,37-38,42-43H,11-14,17-18,25-29H2,1-10H3/b32-19-,33-20-/t37-,38+,39+,40-/m1/s1. The third-order valence-electron chi connectivity index (χ3n) is 8.47. The third kappa shape index (κ3) is 17.9. The number of methoxy groups -OCH3 is 1. The molecule has 0 saturated heterocycles. The molecule has 0 aliphatic heterocycles. The van der Waals surface area contributed by atoms with E-state index in [9.17, 15) is 15.0 Å². The number of hydrogen-bond acceptors (Lipinski definition) is 6. The molecule has 0 saturated carbocycles. The van der Waals surface area contributed by atoms with Gasteiger partial charge in [0.15, 0.2) is 0 Å². The molecule has 0 aromatic heterocycles. The van der Waals surface area contributed by atoms with Gasteiger partial charge in [-0.3, -0.25) is 4.79 Å². The summed E-state index contributed by atoms with van der Waals surface area (Å²) in [6.07, 6.45) is 14.7. The number of ether oxygens (including phenoxy) is 3. The first-order chi connectivity index (χ1) is 21.6. The third-order valence-corrected chi connectivity index (χ3v) is 8.47. The van der Waals surface area contributed by atoms with Crippen LogP contribution in [-0.4, -0.2) is 46.7 Å². The van der Waals surface area contributed by atoms with Crippen LogP contribution >= 0.6 is 0 Å². The maximum Gasteiger partial charge on any atom is 0.303 e. The number of benzene rings is 1. The molecule has 0 aliphatic carbocycles. The van der Waals surface area contributed by atoms with E-state index in [1.807, 2.05) is 31.2 Å². The molecular formula is C40H64O6. The van der Waals surface area contributed by atoms with Crippen LogP contribution in [0.3, 0.4) is 0 Å². The lowest BCUT2D eigenvalue weighted by molar-refractivity contribution is -0.166. The average Bonchev–Trinajstić information content (AvgIpc) is 2.95. The highest BCUT2D eigenvalue weighted by atomic mass is 16.6. The van der Waals surface area contributed by atoms with Gasteiger partial charge in [0, 0.05) is 6.92 Å². The van der Waals surface area contributed by atoms with Crippen LogP contribution < -0.4 is 4.74 Å². The van der Waals surface area contributed by atoms with Crippen LogP contribution in [0.15, 0.2) is 70.9 Å². The number of aliphatic hydroxyl groups is 2. The van der Waals surface area contributed by atoms with Crippen molar-refractivity contribution in [3.8, 4) is 5.75 Å². The Kier molecular flexibility index (Phi) is 19.1. The maximum atomic E-state index is 12.1. The van der Waals surface area contributed by atoms with Crippen molar-refractivity contribution < 1.29 is 29.2 Å². The van der Waals surface area contributed by atoms with Crippen molar-refractivity contribution >= 4 is 5.97 Å². The van der Waals surface area contributed by atoms with E-state index in [1.165, 1.54) is 29.2 Å². The summed E-state index contributed by atoms with van der Waals surface area (Å²) in [5.41, 5.74) is 3.80. The van der Waals surface area contributed by atoms with Gasteiger partial charge in [-0.15, -0.1) is 0 Å². The SMILES string of the molecule is COc1ccc(CO[C@H](CC[C@H](OC(C)=O)[C@](C)(O)CC/C=C(/C)CCC=C(C)C)[C@@](C)(O)CC/C=C(/C)CCC=C(C)C)cc1. The van der Waals surface area contributed by atoms with E-state index < -0.39 is 29.4 Å². The molecule has 260 valence electrons. The van der Waals surface area contributed by atoms with Crippen LogP contribution in [0.5, 0.6) is 5.75 Å². The fourth-order valence-electron chi connectivity index (χ4n) is 5.42. The molecule has 1 rings (SSSR count). The topological polar surface area (TPSA) is 85.2 Å². The van der Waals surface area contributed by atoms with Crippen LogP contribution in [0.2, 0.25) is 0 Å². The monoisotopic (exact) mass is 640 g/mol. The van der Waals surface area contributed by atoms with E-state index in [2.05, 4.69) is 65.8 Å². The van der Waals surface area contributed by atoms with Gasteiger partial charge in [-0.1, -0.05) is 58.7 Å². The Hall–Kier alpha value is -2.67. The minimum absolute atomic E-state index is 0.313. The number of allylic oxidation sites excluding steroid dienone is 8. The second-order valence-corrected chi connectivity index (χ2v) is 13.9. The molecule has 0 bridgehead atoms. The minimum Gasteiger partial charge on any atom is -0.497 e. The number of hydrogen-bond donors (Lipinski definition) is 2. The zero-order valence-corrected chi connectivity index (χ0v) is 30.6. The molecule has 46 heavy (non-hydrogen) atoms. The molecule has 0 amide bonds. The van der Waals surface area contributed by atoms with Crippen LogP contribution in [0.4, 0.5) is 0 Å². The molecule has 6 heteroatoms. The van der Waals surface area contributed by atoms with Crippen LogP contribution in [0, 0.1) is 0 Å². The highest BCUT2D eigenvalue weighted by Crippen LogP contribution is 2.31. The van der Waals surface area contributed by atoms with Crippen molar-refractivity contribution in [1.82, 2.24) is 0 Å². The summed E-state index contributed by atoms with van der Waals surface area (Å²) < 4.78 is 17.4. The molecule has 0 heterocycles. The van der Waals surface area contributed by atoms with Crippen molar-refractivity contribution in [2.75, 3.05) is 7.11 Å². The van der Waals surface area contributed by atoms with E-state index in [4.69, 9.17) is 14.2 Å². The molecule has 6 nitrogen and oxygen atoms in total. The average molecular weight is 641 g/mol. The molecule has 1 aromatic carbocycles. The largest absolute Gasteiger partial charge is 0.497 e. The van der Waals surface area contributed by atoms with Crippen LogP contribution in [0.25, 0.3) is 0 Å². The van der Waals surface area contributed by atoms with E-state index >= 15 is 0 Å². The summed E-state index contributed by atoms with van der Waals surface area (Å²) in [6, 6.07) is 7.68. The number of carbonyl (C=O) groups excluding carboxylic acids is 1. The Morgan fingerprint density at radius 1 is 0.717 bits per heavy atom. The maximum absolute atomic E-state index is 12.1. The summed E-state index contributed by atoms with van der Waals surface area (Å²) in [5, 5.41) is 23.3. The second kappa shape index (κ2) is 21.3. The van der Waals surface area contributed by atoms with E-state index in [1.54, 1.807) is 14.0 Å². The van der Waals surface area contributed by atoms with E-state index in [0.717, 1.165) is 43.4 Å². The quantitative estimate of drug-likeness (QED) is 0.0970. The van der Waals surface area contributed by atoms with Gasteiger partial charge in [0.05, 0.1) is 31.0 Å². The van der Waals surface area contributed by atoms with Gasteiger partial charge >= 0.3 is 5.97 Å². The minimum atomic E-state index is -1.24. The fourth-order valence-corrected chi connectivity index (χ4v) is 5.42. The van der Waals surface area contributed by atoms with Crippen molar-refractivity contribution in [2.45, 2.75) is 157 Å². The van der Waals surface area contributed by atoms with Gasteiger partial charge in [-0.25, -0.2) is 0 Å².